The van der Waals surface area contributed by atoms with Crippen molar-refractivity contribution in [3.8, 4) is 0 Å². The molecule has 1 amide bonds. The minimum Gasteiger partial charge on any atom is -0.347 e. The van der Waals surface area contributed by atoms with Crippen molar-refractivity contribution in [1.82, 2.24) is 15.2 Å². The molecule has 1 aromatic heterocycles. The van der Waals surface area contributed by atoms with Crippen molar-refractivity contribution in [2.24, 2.45) is 0 Å². The average molecular weight is 323 g/mol. The Morgan fingerprint density at radius 1 is 1.04 bits per heavy atom. The number of pyridine rings is 1. The first kappa shape index (κ1) is 16.7. The summed E-state index contributed by atoms with van der Waals surface area (Å²) in [6.45, 7) is 5.86. The van der Waals surface area contributed by atoms with Crippen LogP contribution in [0.25, 0.3) is 0 Å². The Morgan fingerprint density at radius 3 is 2.46 bits per heavy atom. The van der Waals surface area contributed by atoms with Crippen LogP contribution < -0.4 is 5.32 Å². The second-order valence-corrected chi connectivity index (χ2v) is 6.50. The zero-order valence-electron chi connectivity index (χ0n) is 14.3. The molecule has 1 fully saturated rings. The number of amides is 1. The monoisotopic (exact) mass is 323 g/mol. The van der Waals surface area contributed by atoms with Gasteiger partial charge in [0.2, 0.25) is 0 Å². The fourth-order valence-corrected chi connectivity index (χ4v) is 3.08. The smallest absolute Gasteiger partial charge is 0.270 e. The minimum absolute atomic E-state index is 0.129. The van der Waals surface area contributed by atoms with Crippen molar-refractivity contribution in [3.05, 3.63) is 65.0 Å². The molecule has 1 N–H and O–H groups in total. The van der Waals surface area contributed by atoms with Crippen molar-refractivity contribution >= 4 is 5.91 Å². The number of nitrogens with one attached hydrogen (secondary N) is 1. The van der Waals surface area contributed by atoms with Gasteiger partial charge in [-0.05, 0) is 56.1 Å². The Morgan fingerprint density at radius 2 is 1.75 bits per heavy atom. The number of likely N-dealkylation sites (tertiary alicyclic amines) is 1. The van der Waals surface area contributed by atoms with Gasteiger partial charge >= 0.3 is 0 Å². The first-order valence-electron chi connectivity index (χ1n) is 8.73. The second-order valence-electron chi connectivity index (χ2n) is 6.50. The number of aryl methyl sites for hydroxylation is 1. The van der Waals surface area contributed by atoms with E-state index in [0.717, 1.165) is 17.8 Å². The number of carbonyl (C=O) groups is 1. The number of benzene rings is 1. The largest absolute Gasteiger partial charge is 0.347 e. The van der Waals surface area contributed by atoms with Crippen LogP contribution in [0.4, 0.5) is 0 Å². The topological polar surface area (TPSA) is 45.2 Å². The van der Waals surface area contributed by atoms with Gasteiger partial charge in [0, 0.05) is 18.8 Å². The summed E-state index contributed by atoms with van der Waals surface area (Å²) >= 11 is 0. The number of aromatic nitrogens is 1. The lowest BCUT2D eigenvalue weighted by atomic mass is 10.1. The van der Waals surface area contributed by atoms with Gasteiger partial charge in [-0.3, -0.25) is 9.69 Å². The quantitative estimate of drug-likeness (QED) is 0.918. The Labute approximate surface area is 143 Å². The zero-order chi connectivity index (χ0) is 16.8. The molecule has 0 spiro atoms. The van der Waals surface area contributed by atoms with E-state index in [1.165, 1.54) is 37.9 Å². The van der Waals surface area contributed by atoms with Crippen molar-refractivity contribution in [3.63, 3.8) is 0 Å². The predicted molar refractivity (Wildman–Crippen MR) is 95.7 cm³/mol. The summed E-state index contributed by atoms with van der Waals surface area (Å²) in [6.07, 6.45) is 4.00. The van der Waals surface area contributed by atoms with E-state index in [9.17, 15) is 4.79 Å². The lowest BCUT2D eigenvalue weighted by molar-refractivity contribution is 0.0945. The van der Waals surface area contributed by atoms with Gasteiger partial charge in [0.15, 0.2) is 0 Å². The first-order valence-corrected chi connectivity index (χ1v) is 8.73. The molecule has 2 aromatic rings. The van der Waals surface area contributed by atoms with E-state index in [4.69, 9.17) is 0 Å². The summed E-state index contributed by atoms with van der Waals surface area (Å²) in [6, 6.07) is 14.0. The van der Waals surface area contributed by atoms with E-state index in [0.29, 0.717) is 12.2 Å². The first-order chi connectivity index (χ1) is 11.7. The zero-order valence-corrected chi connectivity index (χ0v) is 14.3. The molecule has 2 heterocycles. The van der Waals surface area contributed by atoms with Gasteiger partial charge in [0.25, 0.3) is 5.91 Å². The molecule has 0 saturated carbocycles. The summed E-state index contributed by atoms with van der Waals surface area (Å²) in [7, 11) is 0. The lowest BCUT2D eigenvalue weighted by Crippen LogP contribution is -2.29. The number of carbonyl (C=O) groups excluding carboxylic acids is 1. The molecule has 0 bridgehead atoms. The van der Waals surface area contributed by atoms with Crippen LogP contribution in [0.5, 0.6) is 0 Å². The van der Waals surface area contributed by atoms with Crippen molar-refractivity contribution in [1.29, 1.82) is 0 Å². The molecule has 126 valence electrons. The van der Waals surface area contributed by atoms with Gasteiger partial charge in [-0.1, -0.05) is 36.8 Å². The third kappa shape index (κ3) is 4.65. The maximum atomic E-state index is 12.1. The van der Waals surface area contributed by atoms with Crippen LogP contribution in [0.3, 0.4) is 0 Å². The van der Waals surface area contributed by atoms with E-state index in [-0.39, 0.29) is 5.91 Å². The van der Waals surface area contributed by atoms with Crippen molar-refractivity contribution in [2.45, 2.75) is 39.3 Å². The van der Waals surface area contributed by atoms with Gasteiger partial charge < -0.3 is 5.32 Å². The third-order valence-corrected chi connectivity index (χ3v) is 4.45. The van der Waals surface area contributed by atoms with E-state index < -0.39 is 0 Å². The van der Waals surface area contributed by atoms with Crippen LogP contribution in [-0.2, 0) is 13.1 Å². The molecule has 3 rings (SSSR count). The molecule has 4 heteroatoms. The molecule has 0 aliphatic carbocycles. The van der Waals surface area contributed by atoms with Gasteiger partial charge in [-0.25, -0.2) is 4.98 Å². The Balaban J connectivity index is 1.51. The average Bonchev–Trinajstić information content (AvgIpc) is 2.62. The number of piperidine rings is 1. The molecule has 1 aliphatic rings. The number of nitrogens with zero attached hydrogens (tertiary/aromatic N) is 2. The van der Waals surface area contributed by atoms with Crippen LogP contribution in [-0.4, -0.2) is 28.9 Å². The molecule has 0 radical (unpaired) electrons. The Kier molecular flexibility index (Phi) is 5.59. The summed E-state index contributed by atoms with van der Waals surface area (Å²) in [5.74, 6) is -0.129. The van der Waals surface area contributed by atoms with Crippen LogP contribution in [0.1, 0.15) is 46.6 Å². The summed E-state index contributed by atoms with van der Waals surface area (Å²) < 4.78 is 0. The molecule has 1 aromatic carbocycles. The normalized spacial score (nSPS) is 15.2. The highest BCUT2D eigenvalue weighted by molar-refractivity contribution is 5.92. The standard InChI is InChI=1S/C20H25N3O/c1-16-6-5-7-19(22-16)20(24)21-14-17-8-10-18(11-9-17)15-23-12-3-2-4-13-23/h5-11H,2-4,12-15H2,1H3,(H,21,24). The number of hydrogen-bond donors (Lipinski definition) is 1. The van der Waals surface area contributed by atoms with Crippen molar-refractivity contribution < 1.29 is 4.79 Å². The molecular weight excluding hydrogens is 298 g/mol. The Bertz CT molecular complexity index is 676. The number of hydrogen-bond acceptors (Lipinski definition) is 3. The molecule has 0 atom stereocenters. The molecular formula is C20H25N3O. The highest BCUT2D eigenvalue weighted by Gasteiger charge is 2.10. The van der Waals surface area contributed by atoms with Crippen LogP contribution >= 0.6 is 0 Å². The van der Waals surface area contributed by atoms with Gasteiger partial charge in [-0.15, -0.1) is 0 Å². The van der Waals surface area contributed by atoms with E-state index in [1.54, 1.807) is 6.07 Å². The predicted octanol–water partition coefficient (Wildman–Crippen LogP) is 3.31. The Hall–Kier alpha value is -2.20. The molecule has 1 saturated heterocycles. The molecule has 24 heavy (non-hydrogen) atoms. The lowest BCUT2D eigenvalue weighted by Gasteiger charge is -2.26. The van der Waals surface area contributed by atoms with Crippen LogP contribution in [0, 0.1) is 6.92 Å². The van der Waals surface area contributed by atoms with Crippen molar-refractivity contribution in [2.75, 3.05) is 13.1 Å². The van der Waals surface area contributed by atoms with E-state index >= 15 is 0 Å². The highest BCUT2D eigenvalue weighted by Crippen LogP contribution is 2.13. The van der Waals surface area contributed by atoms with Crippen LogP contribution in [0.2, 0.25) is 0 Å². The molecule has 4 nitrogen and oxygen atoms in total. The highest BCUT2D eigenvalue weighted by atomic mass is 16.1. The number of rotatable bonds is 5. The van der Waals surface area contributed by atoms with E-state index in [2.05, 4.69) is 39.5 Å². The van der Waals surface area contributed by atoms with Gasteiger partial charge in [-0.2, -0.15) is 0 Å². The summed E-state index contributed by atoms with van der Waals surface area (Å²) in [5, 5.41) is 2.93. The molecule has 0 unspecified atom stereocenters. The fraction of sp³-hybridized carbons (Fsp3) is 0.400. The van der Waals surface area contributed by atoms with Crippen LogP contribution in [0.15, 0.2) is 42.5 Å². The SMILES string of the molecule is Cc1cccc(C(=O)NCc2ccc(CN3CCCCC3)cc2)n1. The van der Waals surface area contributed by atoms with E-state index in [1.807, 2.05) is 19.1 Å². The van der Waals surface area contributed by atoms with Gasteiger partial charge in [0.05, 0.1) is 0 Å². The van der Waals surface area contributed by atoms with Gasteiger partial charge in [0.1, 0.15) is 5.69 Å². The maximum Gasteiger partial charge on any atom is 0.270 e. The summed E-state index contributed by atoms with van der Waals surface area (Å²) in [5.41, 5.74) is 3.77. The summed E-state index contributed by atoms with van der Waals surface area (Å²) in [4.78, 5) is 18.9. The maximum absolute atomic E-state index is 12.1. The fourth-order valence-electron chi connectivity index (χ4n) is 3.08. The second kappa shape index (κ2) is 8.06. The third-order valence-electron chi connectivity index (χ3n) is 4.45. The molecule has 1 aliphatic heterocycles. The minimum atomic E-state index is -0.129.